The highest BCUT2D eigenvalue weighted by Crippen LogP contribution is 2.26. The van der Waals surface area contributed by atoms with Crippen LogP contribution in [0.25, 0.3) is 0 Å². The van der Waals surface area contributed by atoms with Gasteiger partial charge in [0.05, 0.1) is 23.9 Å². The molecule has 3 aromatic rings. The van der Waals surface area contributed by atoms with Gasteiger partial charge in [0, 0.05) is 23.9 Å². The van der Waals surface area contributed by atoms with E-state index in [0.717, 1.165) is 19.3 Å². The number of amides is 2. The lowest BCUT2D eigenvalue weighted by Gasteiger charge is -2.12. The van der Waals surface area contributed by atoms with Crippen molar-refractivity contribution < 1.29 is 14.3 Å². The third-order valence-electron chi connectivity index (χ3n) is 5.01. The fraction of sp³-hybridized carbons (Fsp3) is 0.259. The van der Waals surface area contributed by atoms with Crippen LogP contribution in [0.3, 0.4) is 0 Å². The minimum Gasteiger partial charge on any atom is -0.494 e. The van der Waals surface area contributed by atoms with Crippen LogP contribution in [-0.4, -0.2) is 25.0 Å². The van der Waals surface area contributed by atoms with Gasteiger partial charge in [-0.1, -0.05) is 54.9 Å². The van der Waals surface area contributed by atoms with E-state index < -0.39 is 0 Å². The SMILES string of the molecule is CCCC(=O)Nc1ccc(Cl)c(NCC(=O)Nc2cccc(OCCCc3ccccc3)c2)c1. The van der Waals surface area contributed by atoms with E-state index in [1.165, 1.54) is 5.56 Å². The Morgan fingerprint density at radius 3 is 2.44 bits per heavy atom. The predicted octanol–water partition coefficient (Wildman–Crippen LogP) is 6.14. The molecule has 0 radical (unpaired) electrons. The Morgan fingerprint density at radius 2 is 1.65 bits per heavy atom. The van der Waals surface area contributed by atoms with E-state index >= 15 is 0 Å². The molecule has 0 heterocycles. The zero-order valence-corrected chi connectivity index (χ0v) is 20.0. The molecule has 3 aromatic carbocycles. The molecule has 0 spiro atoms. The quantitative estimate of drug-likeness (QED) is 0.272. The van der Waals surface area contributed by atoms with Gasteiger partial charge in [0.1, 0.15) is 5.75 Å². The zero-order valence-electron chi connectivity index (χ0n) is 19.3. The summed E-state index contributed by atoms with van der Waals surface area (Å²) >= 11 is 6.23. The van der Waals surface area contributed by atoms with Crippen LogP contribution in [0.2, 0.25) is 5.02 Å². The van der Waals surface area contributed by atoms with Crippen molar-refractivity contribution in [2.24, 2.45) is 0 Å². The summed E-state index contributed by atoms with van der Waals surface area (Å²) < 4.78 is 5.84. The number of anilines is 3. The molecule has 2 amide bonds. The van der Waals surface area contributed by atoms with Crippen LogP contribution >= 0.6 is 11.6 Å². The molecule has 3 N–H and O–H groups in total. The average molecular weight is 480 g/mol. The van der Waals surface area contributed by atoms with E-state index in [2.05, 4.69) is 28.1 Å². The summed E-state index contributed by atoms with van der Waals surface area (Å²) in [5, 5.41) is 9.17. The van der Waals surface area contributed by atoms with Crippen molar-refractivity contribution in [1.29, 1.82) is 0 Å². The van der Waals surface area contributed by atoms with Crippen LogP contribution in [0.4, 0.5) is 17.1 Å². The van der Waals surface area contributed by atoms with Gasteiger partial charge in [0.15, 0.2) is 0 Å². The molecule has 178 valence electrons. The van der Waals surface area contributed by atoms with Gasteiger partial charge >= 0.3 is 0 Å². The first-order valence-corrected chi connectivity index (χ1v) is 11.8. The van der Waals surface area contributed by atoms with Crippen molar-refractivity contribution in [2.75, 3.05) is 29.1 Å². The fourth-order valence-corrected chi connectivity index (χ4v) is 3.53. The second-order valence-electron chi connectivity index (χ2n) is 7.86. The summed E-state index contributed by atoms with van der Waals surface area (Å²) in [4.78, 5) is 24.3. The molecule has 0 aliphatic rings. The smallest absolute Gasteiger partial charge is 0.243 e. The van der Waals surface area contributed by atoms with Crippen molar-refractivity contribution in [3.8, 4) is 5.75 Å². The lowest BCUT2D eigenvalue weighted by atomic mass is 10.1. The molecule has 0 atom stereocenters. The van der Waals surface area contributed by atoms with Gasteiger partial charge in [0.2, 0.25) is 11.8 Å². The van der Waals surface area contributed by atoms with Crippen LogP contribution in [0.1, 0.15) is 31.7 Å². The van der Waals surface area contributed by atoms with Crippen LogP contribution in [-0.2, 0) is 16.0 Å². The number of ether oxygens (including phenoxy) is 1. The fourth-order valence-electron chi connectivity index (χ4n) is 3.34. The standard InChI is InChI=1S/C27H30ClN3O3/c1-2-8-26(32)30-22-14-15-24(28)25(18-22)29-19-27(33)31-21-12-6-13-23(17-21)34-16-7-11-20-9-4-3-5-10-20/h3-6,9-10,12-15,17-18,29H,2,7-8,11,16,19H2,1H3,(H,30,32)(H,31,33). The summed E-state index contributed by atoms with van der Waals surface area (Å²) in [7, 11) is 0. The Kier molecular flexibility index (Phi) is 9.80. The van der Waals surface area contributed by atoms with Gasteiger partial charge in [-0.2, -0.15) is 0 Å². The molecule has 0 aliphatic heterocycles. The van der Waals surface area contributed by atoms with E-state index in [9.17, 15) is 9.59 Å². The van der Waals surface area contributed by atoms with Crippen molar-refractivity contribution >= 4 is 40.5 Å². The Bertz CT molecular complexity index is 1090. The molecule has 0 saturated heterocycles. The predicted molar refractivity (Wildman–Crippen MR) is 139 cm³/mol. The number of benzene rings is 3. The lowest BCUT2D eigenvalue weighted by Crippen LogP contribution is -2.22. The van der Waals surface area contributed by atoms with Crippen molar-refractivity contribution in [1.82, 2.24) is 0 Å². The van der Waals surface area contributed by atoms with Crippen LogP contribution in [0.5, 0.6) is 5.75 Å². The third-order valence-corrected chi connectivity index (χ3v) is 5.34. The highest BCUT2D eigenvalue weighted by molar-refractivity contribution is 6.33. The van der Waals surface area contributed by atoms with Gasteiger partial charge in [-0.25, -0.2) is 0 Å². The molecule has 0 saturated carbocycles. The van der Waals surface area contributed by atoms with E-state index in [1.54, 1.807) is 24.3 Å². The zero-order chi connectivity index (χ0) is 24.2. The number of rotatable bonds is 12. The van der Waals surface area contributed by atoms with Crippen molar-refractivity contribution in [2.45, 2.75) is 32.6 Å². The second kappa shape index (κ2) is 13.3. The van der Waals surface area contributed by atoms with Crippen LogP contribution in [0, 0.1) is 0 Å². The number of hydrogen-bond acceptors (Lipinski definition) is 4. The molecule has 0 bridgehead atoms. The molecule has 34 heavy (non-hydrogen) atoms. The van der Waals surface area contributed by atoms with Gasteiger partial charge < -0.3 is 20.7 Å². The molecule has 0 aliphatic carbocycles. The highest BCUT2D eigenvalue weighted by atomic mass is 35.5. The summed E-state index contributed by atoms with van der Waals surface area (Å²) in [5.74, 6) is 0.422. The lowest BCUT2D eigenvalue weighted by molar-refractivity contribution is -0.116. The molecule has 0 fully saturated rings. The monoisotopic (exact) mass is 479 g/mol. The number of nitrogens with one attached hydrogen (secondary N) is 3. The Balaban J connectivity index is 1.46. The van der Waals surface area contributed by atoms with Crippen LogP contribution in [0.15, 0.2) is 72.8 Å². The molecular weight excluding hydrogens is 450 g/mol. The van der Waals surface area contributed by atoms with Gasteiger partial charge in [-0.05, 0) is 55.2 Å². The molecule has 3 rings (SSSR count). The maximum atomic E-state index is 12.4. The third kappa shape index (κ3) is 8.45. The minimum absolute atomic E-state index is 0.0221. The average Bonchev–Trinajstić information content (AvgIpc) is 2.83. The number of carbonyl (C=O) groups is 2. The largest absolute Gasteiger partial charge is 0.494 e. The second-order valence-corrected chi connectivity index (χ2v) is 8.27. The molecule has 0 aromatic heterocycles. The molecule has 7 heteroatoms. The first-order valence-electron chi connectivity index (χ1n) is 11.4. The van der Waals surface area contributed by atoms with E-state index in [-0.39, 0.29) is 18.4 Å². The van der Waals surface area contributed by atoms with Gasteiger partial charge in [-0.3, -0.25) is 9.59 Å². The number of hydrogen-bond donors (Lipinski definition) is 3. The summed E-state index contributed by atoms with van der Waals surface area (Å²) in [6.07, 6.45) is 3.08. The van der Waals surface area contributed by atoms with E-state index in [1.807, 2.05) is 43.3 Å². The van der Waals surface area contributed by atoms with Gasteiger partial charge in [0.25, 0.3) is 0 Å². The first kappa shape index (κ1) is 25.1. The van der Waals surface area contributed by atoms with E-state index in [4.69, 9.17) is 16.3 Å². The number of carbonyl (C=O) groups excluding carboxylic acids is 2. The normalized spacial score (nSPS) is 10.4. The Morgan fingerprint density at radius 1 is 0.882 bits per heavy atom. The summed E-state index contributed by atoms with van der Waals surface area (Å²) in [5.41, 5.74) is 3.14. The maximum Gasteiger partial charge on any atom is 0.243 e. The number of halogens is 1. The summed E-state index contributed by atoms with van der Waals surface area (Å²) in [6.45, 7) is 2.56. The van der Waals surface area contributed by atoms with Crippen molar-refractivity contribution in [3.63, 3.8) is 0 Å². The molecular formula is C27H30ClN3O3. The van der Waals surface area contributed by atoms with Gasteiger partial charge in [-0.15, -0.1) is 0 Å². The topological polar surface area (TPSA) is 79.5 Å². The molecule has 0 unspecified atom stereocenters. The maximum absolute atomic E-state index is 12.4. The number of aryl methyl sites for hydroxylation is 1. The Hall–Kier alpha value is -3.51. The van der Waals surface area contributed by atoms with Crippen molar-refractivity contribution in [3.05, 3.63) is 83.4 Å². The first-order chi connectivity index (χ1) is 16.5. The molecule has 6 nitrogen and oxygen atoms in total. The minimum atomic E-state index is -0.224. The van der Waals surface area contributed by atoms with E-state index in [0.29, 0.717) is 40.9 Å². The Labute approximate surface area is 205 Å². The summed E-state index contributed by atoms with van der Waals surface area (Å²) in [6, 6.07) is 22.7. The highest BCUT2D eigenvalue weighted by Gasteiger charge is 2.08. The van der Waals surface area contributed by atoms with Crippen LogP contribution < -0.4 is 20.7 Å².